The van der Waals surface area contributed by atoms with Crippen molar-refractivity contribution in [1.29, 1.82) is 0 Å². The lowest BCUT2D eigenvalue weighted by molar-refractivity contribution is -0.151. The molecule has 0 saturated carbocycles. The summed E-state index contributed by atoms with van der Waals surface area (Å²) in [5, 5.41) is 12.0. The maximum Gasteiger partial charge on any atom is 0.329 e. The molecule has 1 unspecified atom stereocenters. The first-order valence-electron chi connectivity index (χ1n) is 8.23. The lowest BCUT2D eigenvalue weighted by Gasteiger charge is -2.30. The van der Waals surface area contributed by atoms with E-state index in [9.17, 15) is 9.18 Å². The summed E-state index contributed by atoms with van der Waals surface area (Å²) in [6, 6.07) is 19.5. The molecule has 0 bridgehead atoms. The van der Waals surface area contributed by atoms with Crippen LogP contribution in [0.5, 0.6) is 0 Å². The minimum atomic E-state index is -1.36. The van der Waals surface area contributed by atoms with Crippen LogP contribution in [0.1, 0.15) is 31.0 Å². The Hall–Kier alpha value is -2.24. The maximum absolute atomic E-state index is 14.6. The molecule has 1 atom stereocenters. The monoisotopic (exact) mass is 345 g/mol. The lowest BCUT2D eigenvalue weighted by atomic mass is 9.97. The summed E-state index contributed by atoms with van der Waals surface area (Å²) in [6.45, 7) is 2.64. The van der Waals surface area contributed by atoms with E-state index < -0.39 is 24.3 Å². The number of aliphatic carboxylic acids is 1. The molecular weight excluding hydrogens is 321 g/mol. The van der Waals surface area contributed by atoms with Crippen LogP contribution in [-0.4, -0.2) is 36.0 Å². The van der Waals surface area contributed by atoms with Crippen molar-refractivity contribution in [3.05, 3.63) is 71.8 Å². The molecule has 2 aromatic rings. The van der Waals surface area contributed by atoms with Gasteiger partial charge in [0.2, 0.25) is 0 Å². The van der Waals surface area contributed by atoms with Gasteiger partial charge in [-0.3, -0.25) is 0 Å². The van der Waals surface area contributed by atoms with Crippen molar-refractivity contribution in [2.45, 2.75) is 31.7 Å². The number of carboxylic acids is 1. The Morgan fingerprint density at radius 1 is 1.08 bits per heavy atom. The molecule has 0 aliphatic heterocycles. The topological polar surface area (TPSA) is 58.6 Å². The van der Waals surface area contributed by atoms with Gasteiger partial charge in [0, 0.05) is 6.54 Å². The van der Waals surface area contributed by atoms with Crippen LogP contribution < -0.4 is 5.32 Å². The smallest absolute Gasteiger partial charge is 0.329 e. The number of ether oxygens (including phenoxy) is 1. The summed E-state index contributed by atoms with van der Waals surface area (Å²) < 4.78 is 19.8. The fourth-order valence-corrected chi connectivity index (χ4v) is 2.52. The van der Waals surface area contributed by atoms with Crippen molar-refractivity contribution >= 4 is 5.97 Å². The molecule has 2 rings (SSSR count). The van der Waals surface area contributed by atoms with Gasteiger partial charge in [-0.15, -0.1) is 0 Å². The minimum Gasteiger partial charge on any atom is -0.480 e. The second-order valence-electron chi connectivity index (χ2n) is 6.42. The third-order valence-corrected chi connectivity index (χ3v) is 4.09. The van der Waals surface area contributed by atoms with Crippen molar-refractivity contribution < 1.29 is 19.0 Å². The van der Waals surface area contributed by atoms with Crippen LogP contribution in [0.15, 0.2) is 60.7 Å². The highest BCUT2D eigenvalue weighted by Crippen LogP contribution is 2.24. The zero-order valence-corrected chi connectivity index (χ0v) is 14.5. The Morgan fingerprint density at radius 2 is 1.56 bits per heavy atom. The SMILES string of the molecule is CC(C)(OCC(=O)O)C(F)CNC(c1ccccc1)c1ccccc1. The van der Waals surface area contributed by atoms with Crippen LogP contribution >= 0.6 is 0 Å². The molecule has 2 aromatic carbocycles. The molecule has 25 heavy (non-hydrogen) atoms. The van der Waals surface area contributed by atoms with E-state index in [0.717, 1.165) is 11.1 Å². The Bertz CT molecular complexity index is 622. The second-order valence-corrected chi connectivity index (χ2v) is 6.42. The highest BCUT2D eigenvalue weighted by molar-refractivity contribution is 5.68. The first-order chi connectivity index (χ1) is 11.9. The number of benzene rings is 2. The predicted molar refractivity (Wildman–Crippen MR) is 95.3 cm³/mol. The van der Waals surface area contributed by atoms with Crippen molar-refractivity contribution in [2.24, 2.45) is 0 Å². The second kappa shape index (κ2) is 8.74. The molecule has 0 heterocycles. The third kappa shape index (κ3) is 5.66. The van der Waals surface area contributed by atoms with Crippen molar-refractivity contribution in [3.8, 4) is 0 Å². The number of rotatable bonds is 9. The summed E-state index contributed by atoms with van der Waals surface area (Å²) in [6.07, 6.45) is -1.36. The molecule has 0 aliphatic rings. The van der Waals surface area contributed by atoms with Gasteiger partial charge in [-0.2, -0.15) is 0 Å². The standard InChI is InChI=1S/C20H24FNO3/c1-20(2,25-14-18(23)24)17(21)13-22-19(15-9-5-3-6-10-15)16-11-7-4-8-12-16/h3-12,17,19,22H,13-14H2,1-2H3,(H,23,24). The highest BCUT2D eigenvalue weighted by Gasteiger charge is 2.32. The van der Waals surface area contributed by atoms with Crippen LogP contribution in [-0.2, 0) is 9.53 Å². The van der Waals surface area contributed by atoms with E-state index in [1.54, 1.807) is 13.8 Å². The Morgan fingerprint density at radius 3 is 2.00 bits per heavy atom. The van der Waals surface area contributed by atoms with Gasteiger partial charge < -0.3 is 15.2 Å². The lowest BCUT2D eigenvalue weighted by Crippen LogP contribution is -2.44. The Labute approximate surface area is 147 Å². The summed E-state index contributed by atoms with van der Waals surface area (Å²) >= 11 is 0. The fourth-order valence-electron chi connectivity index (χ4n) is 2.52. The van der Waals surface area contributed by atoms with Crippen LogP contribution in [0, 0.1) is 0 Å². The molecule has 0 saturated heterocycles. The zero-order valence-electron chi connectivity index (χ0n) is 14.5. The van der Waals surface area contributed by atoms with Gasteiger partial charge in [0.05, 0.1) is 11.6 Å². The van der Waals surface area contributed by atoms with Gasteiger partial charge in [-0.05, 0) is 25.0 Å². The number of carbonyl (C=O) groups is 1. The molecule has 4 nitrogen and oxygen atoms in total. The van der Waals surface area contributed by atoms with E-state index >= 15 is 0 Å². The van der Waals surface area contributed by atoms with Gasteiger partial charge in [0.15, 0.2) is 0 Å². The van der Waals surface area contributed by atoms with Gasteiger partial charge >= 0.3 is 5.97 Å². The van der Waals surface area contributed by atoms with Gasteiger partial charge in [0.1, 0.15) is 12.8 Å². The number of hydrogen-bond donors (Lipinski definition) is 2. The molecule has 5 heteroatoms. The largest absolute Gasteiger partial charge is 0.480 e. The molecular formula is C20H24FNO3. The molecule has 0 radical (unpaired) electrons. The average Bonchev–Trinajstić information content (AvgIpc) is 2.62. The Kier molecular flexibility index (Phi) is 6.67. The van der Waals surface area contributed by atoms with Crippen molar-refractivity contribution in [3.63, 3.8) is 0 Å². The number of carboxylic acid groups (broad SMARTS) is 1. The molecule has 0 fully saturated rings. The summed E-state index contributed by atoms with van der Waals surface area (Å²) in [7, 11) is 0. The molecule has 134 valence electrons. The summed E-state index contributed by atoms with van der Waals surface area (Å²) in [5.41, 5.74) is 0.874. The minimum absolute atomic E-state index is 0.0427. The first kappa shape index (κ1) is 19.1. The quantitative estimate of drug-likeness (QED) is 0.729. The van der Waals surface area contributed by atoms with Gasteiger partial charge in [0.25, 0.3) is 0 Å². The van der Waals surface area contributed by atoms with Crippen molar-refractivity contribution in [1.82, 2.24) is 5.32 Å². The molecule has 0 aliphatic carbocycles. The predicted octanol–water partition coefficient (Wildman–Crippen LogP) is 3.58. The first-order valence-corrected chi connectivity index (χ1v) is 8.23. The number of nitrogens with one attached hydrogen (secondary N) is 1. The number of halogens is 1. The molecule has 0 aromatic heterocycles. The van der Waals surface area contributed by atoms with E-state index in [4.69, 9.17) is 9.84 Å². The highest BCUT2D eigenvalue weighted by atomic mass is 19.1. The van der Waals surface area contributed by atoms with E-state index in [-0.39, 0.29) is 12.6 Å². The van der Waals surface area contributed by atoms with Gasteiger partial charge in [-0.25, -0.2) is 9.18 Å². The average molecular weight is 345 g/mol. The molecule has 2 N–H and O–H groups in total. The van der Waals surface area contributed by atoms with Crippen LogP contribution in [0.3, 0.4) is 0 Å². The van der Waals surface area contributed by atoms with Crippen LogP contribution in [0.2, 0.25) is 0 Å². The van der Waals surface area contributed by atoms with E-state index in [1.165, 1.54) is 0 Å². The fraction of sp³-hybridized carbons (Fsp3) is 0.350. The third-order valence-electron chi connectivity index (χ3n) is 4.09. The number of hydrogen-bond acceptors (Lipinski definition) is 3. The summed E-state index contributed by atoms with van der Waals surface area (Å²) in [5.74, 6) is -1.11. The molecule has 0 amide bonds. The summed E-state index contributed by atoms with van der Waals surface area (Å²) in [4.78, 5) is 10.6. The zero-order chi connectivity index (χ0) is 18.3. The van der Waals surface area contributed by atoms with E-state index in [2.05, 4.69) is 5.32 Å². The normalized spacial score (nSPS) is 13.0. The van der Waals surface area contributed by atoms with E-state index in [0.29, 0.717) is 0 Å². The number of alkyl halides is 1. The van der Waals surface area contributed by atoms with Crippen LogP contribution in [0.25, 0.3) is 0 Å². The maximum atomic E-state index is 14.6. The van der Waals surface area contributed by atoms with Crippen LogP contribution in [0.4, 0.5) is 4.39 Å². The molecule has 0 spiro atoms. The Balaban J connectivity index is 2.09. The van der Waals surface area contributed by atoms with E-state index in [1.807, 2.05) is 60.7 Å². The van der Waals surface area contributed by atoms with Gasteiger partial charge in [-0.1, -0.05) is 60.7 Å². The van der Waals surface area contributed by atoms with Crippen molar-refractivity contribution in [2.75, 3.05) is 13.2 Å².